The first-order valence-electron chi connectivity index (χ1n) is 6.37. The Hall–Kier alpha value is -0.220. The molecule has 0 heterocycles. The van der Waals surface area contributed by atoms with Crippen LogP contribution in [0.1, 0.15) is 45.4 Å². The molecule has 0 aromatic heterocycles. The molecule has 2 unspecified atom stereocenters. The molecule has 0 amide bonds. The van der Waals surface area contributed by atoms with Crippen molar-refractivity contribution in [3.8, 4) is 0 Å². The van der Waals surface area contributed by atoms with E-state index in [2.05, 4.69) is 5.32 Å². The van der Waals surface area contributed by atoms with Crippen molar-refractivity contribution in [2.75, 3.05) is 13.2 Å². The minimum Gasteiger partial charge on any atom is -0.371 e. The summed E-state index contributed by atoms with van der Waals surface area (Å²) in [5.74, 6) is 0. The molecule has 0 aromatic carbocycles. The van der Waals surface area contributed by atoms with Crippen molar-refractivity contribution in [2.24, 2.45) is 0 Å². The van der Waals surface area contributed by atoms with Crippen LogP contribution in [-0.2, 0) is 4.74 Å². The number of hydrogen-bond donors (Lipinski definition) is 1. The van der Waals surface area contributed by atoms with Crippen molar-refractivity contribution < 1.29 is 13.5 Å². The van der Waals surface area contributed by atoms with E-state index in [1.165, 1.54) is 19.3 Å². The van der Waals surface area contributed by atoms with Crippen LogP contribution in [0.5, 0.6) is 0 Å². The third kappa shape index (κ3) is 5.21. The van der Waals surface area contributed by atoms with Crippen LogP contribution in [0.4, 0.5) is 8.78 Å². The van der Waals surface area contributed by atoms with Crippen molar-refractivity contribution in [2.45, 2.75) is 64.0 Å². The van der Waals surface area contributed by atoms with Gasteiger partial charge in [0.15, 0.2) is 0 Å². The smallest absolute Gasteiger partial charge is 0.261 e. The average molecular weight is 235 g/mol. The molecular weight excluding hydrogens is 212 g/mol. The number of alkyl halides is 2. The van der Waals surface area contributed by atoms with Crippen molar-refractivity contribution in [3.05, 3.63) is 0 Å². The molecule has 96 valence electrons. The second-order valence-corrected chi connectivity index (χ2v) is 4.42. The highest BCUT2D eigenvalue weighted by Crippen LogP contribution is 2.20. The summed E-state index contributed by atoms with van der Waals surface area (Å²) in [5.41, 5.74) is 0. The molecule has 1 aliphatic carbocycles. The van der Waals surface area contributed by atoms with Crippen molar-refractivity contribution in [1.82, 2.24) is 5.32 Å². The summed E-state index contributed by atoms with van der Waals surface area (Å²) < 4.78 is 29.6. The fraction of sp³-hybridized carbons (Fsp3) is 1.00. The SMILES string of the molecule is CCNC1CCCCCCC1OCC(F)F. The number of hydrogen-bond acceptors (Lipinski definition) is 2. The molecule has 1 saturated carbocycles. The Morgan fingerprint density at radius 2 is 1.88 bits per heavy atom. The molecule has 2 nitrogen and oxygen atoms in total. The lowest BCUT2D eigenvalue weighted by Crippen LogP contribution is -2.42. The van der Waals surface area contributed by atoms with Gasteiger partial charge in [-0.3, -0.25) is 0 Å². The second-order valence-electron chi connectivity index (χ2n) is 4.42. The van der Waals surface area contributed by atoms with Gasteiger partial charge in [-0.05, 0) is 19.4 Å². The Kier molecular flexibility index (Phi) is 6.88. The average Bonchev–Trinajstić information content (AvgIpc) is 2.21. The van der Waals surface area contributed by atoms with E-state index in [-0.39, 0.29) is 12.1 Å². The third-order valence-electron chi connectivity index (χ3n) is 3.11. The zero-order chi connectivity index (χ0) is 11.8. The van der Waals surface area contributed by atoms with E-state index in [1.54, 1.807) is 0 Å². The normalized spacial score (nSPS) is 27.8. The summed E-state index contributed by atoms with van der Waals surface area (Å²) in [7, 11) is 0. The summed E-state index contributed by atoms with van der Waals surface area (Å²) >= 11 is 0. The number of halogens is 2. The largest absolute Gasteiger partial charge is 0.371 e. The Balaban J connectivity index is 2.42. The summed E-state index contributed by atoms with van der Waals surface area (Å²) in [5, 5.41) is 3.36. The maximum Gasteiger partial charge on any atom is 0.261 e. The van der Waals surface area contributed by atoms with Crippen molar-refractivity contribution in [3.63, 3.8) is 0 Å². The Morgan fingerprint density at radius 1 is 1.19 bits per heavy atom. The molecule has 1 fully saturated rings. The van der Waals surface area contributed by atoms with Crippen LogP contribution < -0.4 is 5.32 Å². The molecule has 4 heteroatoms. The number of rotatable bonds is 5. The highest BCUT2D eigenvalue weighted by molar-refractivity contribution is 4.79. The molecule has 0 bridgehead atoms. The van der Waals surface area contributed by atoms with Gasteiger partial charge in [-0.25, -0.2) is 8.78 Å². The van der Waals surface area contributed by atoms with Gasteiger partial charge in [0.1, 0.15) is 6.61 Å². The van der Waals surface area contributed by atoms with Crippen molar-refractivity contribution in [1.29, 1.82) is 0 Å². The molecule has 0 aliphatic heterocycles. The topological polar surface area (TPSA) is 21.3 Å². The van der Waals surface area contributed by atoms with Crippen LogP contribution in [-0.4, -0.2) is 31.7 Å². The minimum atomic E-state index is -2.35. The molecular formula is C12H23F2NO. The number of ether oxygens (including phenoxy) is 1. The lowest BCUT2D eigenvalue weighted by Gasteiger charge is -2.30. The van der Waals surface area contributed by atoms with E-state index in [0.29, 0.717) is 0 Å². The van der Waals surface area contributed by atoms with E-state index >= 15 is 0 Å². The first-order valence-corrected chi connectivity index (χ1v) is 6.37. The molecule has 1 aliphatic rings. The Bertz CT molecular complexity index is 178. The number of likely N-dealkylation sites (N-methyl/N-ethyl adjacent to an activating group) is 1. The van der Waals surface area contributed by atoms with Gasteiger partial charge in [0.2, 0.25) is 0 Å². The lowest BCUT2D eigenvalue weighted by atomic mass is 9.94. The standard InChI is InChI=1S/C12H23F2NO/c1-2-15-10-7-5-3-4-6-8-11(10)16-9-12(13)14/h10-12,15H,2-9H2,1H3. The molecule has 1 rings (SSSR count). The van der Waals surface area contributed by atoms with Gasteiger partial charge >= 0.3 is 0 Å². The molecule has 16 heavy (non-hydrogen) atoms. The fourth-order valence-electron chi connectivity index (χ4n) is 2.34. The quantitative estimate of drug-likeness (QED) is 0.791. The summed E-state index contributed by atoms with van der Waals surface area (Å²) in [4.78, 5) is 0. The third-order valence-corrected chi connectivity index (χ3v) is 3.11. The van der Waals surface area contributed by atoms with Crippen LogP contribution in [0.2, 0.25) is 0 Å². The molecule has 0 aromatic rings. The fourth-order valence-corrected chi connectivity index (χ4v) is 2.34. The monoisotopic (exact) mass is 235 g/mol. The first kappa shape index (κ1) is 13.8. The molecule has 1 N–H and O–H groups in total. The first-order chi connectivity index (χ1) is 7.74. The van der Waals surface area contributed by atoms with Crippen LogP contribution >= 0.6 is 0 Å². The zero-order valence-electron chi connectivity index (χ0n) is 10.1. The Labute approximate surface area is 96.7 Å². The van der Waals surface area contributed by atoms with Gasteiger partial charge in [0.05, 0.1) is 6.10 Å². The Morgan fingerprint density at radius 3 is 2.50 bits per heavy atom. The van der Waals surface area contributed by atoms with E-state index in [1.807, 2.05) is 6.92 Å². The second kappa shape index (κ2) is 7.96. The van der Waals surface area contributed by atoms with Crippen molar-refractivity contribution >= 4 is 0 Å². The van der Waals surface area contributed by atoms with Gasteiger partial charge in [0, 0.05) is 6.04 Å². The molecule has 0 radical (unpaired) electrons. The number of nitrogens with one attached hydrogen (secondary N) is 1. The predicted molar refractivity (Wildman–Crippen MR) is 60.9 cm³/mol. The van der Waals surface area contributed by atoms with Gasteiger partial charge in [-0.1, -0.05) is 32.6 Å². The van der Waals surface area contributed by atoms with E-state index in [0.717, 1.165) is 25.8 Å². The van der Waals surface area contributed by atoms with Crippen LogP contribution in [0.15, 0.2) is 0 Å². The minimum absolute atomic E-state index is 0.0331. The predicted octanol–water partition coefficient (Wildman–Crippen LogP) is 2.97. The van der Waals surface area contributed by atoms with Gasteiger partial charge in [-0.15, -0.1) is 0 Å². The van der Waals surface area contributed by atoms with Gasteiger partial charge in [-0.2, -0.15) is 0 Å². The lowest BCUT2D eigenvalue weighted by molar-refractivity contribution is -0.0445. The summed E-state index contributed by atoms with van der Waals surface area (Å²) in [6.07, 6.45) is 4.28. The summed E-state index contributed by atoms with van der Waals surface area (Å²) in [6.45, 7) is 2.49. The van der Waals surface area contributed by atoms with Gasteiger partial charge in [0.25, 0.3) is 6.43 Å². The van der Waals surface area contributed by atoms with Crippen LogP contribution in [0.25, 0.3) is 0 Å². The molecule has 0 spiro atoms. The maximum absolute atomic E-state index is 12.1. The van der Waals surface area contributed by atoms with E-state index in [4.69, 9.17) is 4.74 Å². The summed E-state index contributed by atoms with van der Waals surface area (Å²) in [6, 6.07) is 0.254. The highest BCUT2D eigenvalue weighted by Gasteiger charge is 2.23. The maximum atomic E-state index is 12.1. The highest BCUT2D eigenvalue weighted by atomic mass is 19.3. The zero-order valence-corrected chi connectivity index (χ0v) is 10.1. The van der Waals surface area contributed by atoms with E-state index in [9.17, 15) is 8.78 Å². The van der Waals surface area contributed by atoms with Crippen LogP contribution in [0.3, 0.4) is 0 Å². The van der Waals surface area contributed by atoms with Gasteiger partial charge < -0.3 is 10.1 Å². The van der Waals surface area contributed by atoms with Crippen LogP contribution in [0, 0.1) is 0 Å². The van der Waals surface area contributed by atoms with E-state index < -0.39 is 13.0 Å². The molecule has 2 atom stereocenters. The molecule has 0 saturated heterocycles.